The van der Waals surface area contributed by atoms with Crippen LogP contribution in [0.25, 0.3) is 10.9 Å². The molecule has 1 aromatic heterocycles. The number of hydrogen-bond acceptors (Lipinski definition) is 5. The number of aromatic nitrogens is 1. The quantitative estimate of drug-likeness (QED) is 0.574. The van der Waals surface area contributed by atoms with Gasteiger partial charge in [0.1, 0.15) is 0 Å². The first-order valence-corrected chi connectivity index (χ1v) is 10.6. The number of nitrogens with one attached hydrogen (secondary N) is 1. The molecule has 1 atom stereocenters. The van der Waals surface area contributed by atoms with Gasteiger partial charge in [0.25, 0.3) is 5.91 Å². The molecule has 160 valence electrons. The first-order valence-electron chi connectivity index (χ1n) is 9.89. The molecule has 8 heteroatoms. The number of likely N-dealkylation sites (N-methyl/N-ethyl adjacent to an activating group) is 1. The summed E-state index contributed by atoms with van der Waals surface area (Å²) in [6.45, 7) is 2.99. The van der Waals surface area contributed by atoms with E-state index < -0.39 is 18.0 Å². The monoisotopic (exact) mass is 457 g/mol. The molecule has 1 amide bonds. The lowest BCUT2D eigenvalue weighted by Gasteiger charge is -2.27. The molecule has 0 aliphatic carbocycles. The zero-order valence-electron chi connectivity index (χ0n) is 17.1. The number of rotatable bonds is 4. The second kappa shape index (κ2) is 8.83. The van der Waals surface area contributed by atoms with E-state index in [-0.39, 0.29) is 0 Å². The van der Waals surface area contributed by atoms with Crippen molar-refractivity contribution in [3.8, 4) is 0 Å². The zero-order valence-corrected chi connectivity index (χ0v) is 18.6. The fraction of sp³-hybridized carbons (Fsp3) is 0.261. The highest BCUT2D eigenvalue weighted by molar-refractivity contribution is 6.35. The van der Waals surface area contributed by atoms with Gasteiger partial charge in [-0.3, -0.25) is 9.78 Å². The maximum Gasteiger partial charge on any atom is 0.339 e. The van der Waals surface area contributed by atoms with Crippen molar-refractivity contribution in [2.45, 2.75) is 26.0 Å². The number of carbonyl (C=O) groups excluding carboxylic acids is 2. The first-order chi connectivity index (χ1) is 14.8. The van der Waals surface area contributed by atoms with E-state index in [1.165, 1.54) is 6.92 Å². The minimum Gasteiger partial charge on any atom is -0.449 e. The fourth-order valence-corrected chi connectivity index (χ4v) is 4.23. The normalized spacial score (nSPS) is 14.7. The molecule has 4 rings (SSSR count). The molecule has 1 aliphatic rings. The van der Waals surface area contributed by atoms with Crippen LogP contribution in [0.4, 0.5) is 5.69 Å². The smallest absolute Gasteiger partial charge is 0.339 e. The van der Waals surface area contributed by atoms with E-state index in [0.29, 0.717) is 27.8 Å². The molecule has 0 spiro atoms. The standard InChI is InChI=1S/C23H21Cl2N3O3/c1-13(22(29)26-16-10-14(24)9-15(25)11-16)31-23(30)21-17-5-3-4-6-19(17)27-20-7-8-28(2)12-18(20)21/h3-6,9-11,13H,7-8,12H2,1-2H3,(H,26,29). The van der Waals surface area contributed by atoms with Crippen LogP contribution in [0.15, 0.2) is 42.5 Å². The minimum absolute atomic E-state index is 0.395. The van der Waals surface area contributed by atoms with Gasteiger partial charge in [0.2, 0.25) is 0 Å². The Morgan fingerprint density at radius 3 is 2.61 bits per heavy atom. The van der Waals surface area contributed by atoms with Gasteiger partial charge >= 0.3 is 5.97 Å². The van der Waals surface area contributed by atoms with Crippen molar-refractivity contribution < 1.29 is 14.3 Å². The van der Waals surface area contributed by atoms with E-state index in [1.807, 2.05) is 31.3 Å². The molecule has 0 saturated carbocycles. The fourth-order valence-electron chi connectivity index (χ4n) is 3.70. The number of esters is 1. The number of benzene rings is 2. The summed E-state index contributed by atoms with van der Waals surface area (Å²) in [6, 6.07) is 12.2. The van der Waals surface area contributed by atoms with Gasteiger partial charge in [-0.15, -0.1) is 0 Å². The van der Waals surface area contributed by atoms with Crippen LogP contribution in [0.1, 0.15) is 28.5 Å². The Labute approximate surface area is 190 Å². The van der Waals surface area contributed by atoms with Crippen molar-refractivity contribution >= 4 is 51.7 Å². The van der Waals surface area contributed by atoms with Crippen molar-refractivity contribution in [1.29, 1.82) is 0 Å². The van der Waals surface area contributed by atoms with E-state index >= 15 is 0 Å². The third-order valence-electron chi connectivity index (χ3n) is 5.22. The molecule has 3 aromatic rings. The maximum atomic E-state index is 13.2. The van der Waals surface area contributed by atoms with E-state index in [9.17, 15) is 9.59 Å². The third kappa shape index (κ3) is 4.66. The number of halogens is 2. The summed E-state index contributed by atoms with van der Waals surface area (Å²) in [7, 11) is 2.00. The summed E-state index contributed by atoms with van der Waals surface area (Å²) in [5, 5.41) is 4.19. The Morgan fingerprint density at radius 2 is 1.87 bits per heavy atom. The lowest BCUT2D eigenvalue weighted by Crippen LogP contribution is -2.32. The van der Waals surface area contributed by atoms with Gasteiger partial charge in [0.15, 0.2) is 6.10 Å². The SMILES string of the molecule is CC(OC(=O)c1c2c(nc3ccccc13)CCN(C)C2)C(=O)Nc1cc(Cl)cc(Cl)c1. The Morgan fingerprint density at radius 1 is 1.16 bits per heavy atom. The lowest BCUT2D eigenvalue weighted by molar-refractivity contribution is -0.123. The highest BCUT2D eigenvalue weighted by Crippen LogP contribution is 2.29. The lowest BCUT2D eigenvalue weighted by atomic mass is 9.96. The second-order valence-electron chi connectivity index (χ2n) is 7.61. The van der Waals surface area contributed by atoms with Gasteiger partial charge in [0, 0.05) is 51.9 Å². The highest BCUT2D eigenvalue weighted by atomic mass is 35.5. The van der Waals surface area contributed by atoms with Gasteiger partial charge in [-0.2, -0.15) is 0 Å². The molecule has 0 fully saturated rings. The van der Waals surface area contributed by atoms with Crippen LogP contribution in [0, 0.1) is 0 Å². The largest absolute Gasteiger partial charge is 0.449 e. The summed E-state index contributed by atoms with van der Waals surface area (Å²) >= 11 is 12.0. The van der Waals surface area contributed by atoms with Crippen molar-refractivity contribution in [3.63, 3.8) is 0 Å². The highest BCUT2D eigenvalue weighted by Gasteiger charge is 2.27. The number of amides is 1. The summed E-state index contributed by atoms with van der Waals surface area (Å²) in [5.41, 5.74) is 3.39. The molecule has 2 heterocycles. The van der Waals surface area contributed by atoms with Crippen LogP contribution in [0.5, 0.6) is 0 Å². The number of ether oxygens (including phenoxy) is 1. The number of fused-ring (bicyclic) bond motifs is 2. The molecule has 1 unspecified atom stereocenters. The van der Waals surface area contributed by atoms with Gasteiger partial charge in [0.05, 0.1) is 11.1 Å². The van der Waals surface area contributed by atoms with Crippen LogP contribution in [0.3, 0.4) is 0 Å². The predicted octanol–water partition coefficient (Wildman–Crippen LogP) is 4.71. The molecule has 0 radical (unpaired) electrons. The van der Waals surface area contributed by atoms with Gasteiger partial charge < -0.3 is 15.0 Å². The number of carbonyl (C=O) groups is 2. The predicted molar refractivity (Wildman–Crippen MR) is 122 cm³/mol. The number of para-hydroxylation sites is 1. The van der Waals surface area contributed by atoms with Crippen molar-refractivity contribution in [3.05, 3.63) is 69.3 Å². The molecule has 0 bridgehead atoms. The number of pyridine rings is 1. The first kappa shape index (κ1) is 21.6. The van der Waals surface area contributed by atoms with E-state index in [1.54, 1.807) is 18.2 Å². The van der Waals surface area contributed by atoms with Crippen molar-refractivity contribution in [1.82, 2.24) is 9.88 Å². The summed E-state index contributed by atoms with van der Waals surface area (Å²) < 4.78 is 5.58. The van der Waals surface area contributed by atoms with Gasteiger partial charge in [-0.05, 0) is 38.2 Å². The van der Waals surface area contributed by atoms with Crippen LogP contribution < -0.4 is 5.32 Å². The maximum absolute atomic E-state index is 13.2. The van der Waals surface area contributed by atoms with Gasteiger partial charge in [-0.1, -0.05) is 41.4 Å². The molecule has 31 heavy (non-hydrogen) atoms. The Hall–Kier alpha value is -2.67. The van der Waals surface area contributed by atoms with E-state index in [2.05, 4.69) is 10.2 Å². The van der Waals surface area contributed by atoms with Crippen LogP contribution in [0.2, 0.25) is 10.0 Å². The molecule has 1 aliphatic heterocycles. The molecule has 1 N–H and O–H groups in total. The average Bonchev–Trinajstić information content (AvgIpc) is 2.71. The third-order valence-corrected chi connectivity index (χ3v) is 5.66. The minimum atomic E-state index is -1.02. The van der Waals surface area contributed by atoms with Crippen molar-refractivity contribution in [2.75, 3.05) is 18.9 Å². The van der Waals surface area contributed by atoms with Gasteiger partial charge in [-0.25, -0.2) is 4.79 Å². The number of hydrogen-bond donors (Lipinski definition) is 1. The molecular formula is C23H21Cl2N3O3. The number of nitrogens with zero attached hydrogens (tertiary/aromatic N) is 2. The molecular weight excluding hydrogens is 437 g/mol. The summed E-state index contributed by atoms with van der Waals surface area (Å²) in [6.07, 6.45) is -0.267. The van der Waals surface area contributed by atoms with Crippen LogP contribution >= 0.6 is 23.2 Å². The van der Waals surface area contributed by atoms with Crippen LogP contribution in [-0.4, -0.2) is 41.5 Å². The van der Waals surface area contributed by atoms with Crippen molar-refractivity contribution in [2.24, 2.45) is 0 Å². The topological polar surface area (TPSA) is 71.5 Å². The average molecular weight is 458 g/mol. The summed E-state index contributed by atoms with van der Waals surface area (Å²) in [4.78, 5) is 32.7. The second-order valence-corrected chi connectivity index (χ2v) is 8.48. The molecule has 2 aromatic carbocycles. The Balaban J connectivity index is 1.60. The Kier molecular flexibility index (Phi) is 6.14. The van der Waals surface area contributed by atoms with Crippen LogP contribution in [-0.2, 0) is 22.5 Å². The zero-order chi connectivity index (χ0) is 22.1. The molecule has 6 nitrogen and oxygen atoms in total. The number of anilines is 1. The van der Waals surface area contributed by atoms with E-state index in [4.69, 9.17) is 32.9 Å². The summed E-state index contributed by atoms with van der Waals surface area (Å²) in [5.74, 6) is -1.02. The molecule has 0 saturated heterocycles. The Bertz CT molecular complexity index is 1160. The van der Waals surface area contributed by atoms with E-state index in [0.717, 1.165) is 35.1 Å².